The summed E-state index contributed by atoms with van der Waals surface area (Å²) in [4.78, 5) is 28.8. The second-order valence-electron chi connectivity index (χ2n) is 8.86. The van der Waals surface area contributed by atoms with E-state index in [9.17, 15) is 18.0 Å². The highest BCUT2D eigenvalue weighted by Crippen LogP contribution is 2.24. The highest BCUT2D eigenvalue weighted by atomic mass is 35.5. The van der Waals surface area contributed by atoms with E-state index in [1.165, 1.54) is 17.0 Å². The number of rotatable bonds is 12. The van der Waals surface area contributed by atoms with Crippen LogP contribution in [0.1, 0.15) is 24.5 Å². The molecule has 0 radical (unpaired) electrons. The maximum atomic E-state index is 13.9. The van der Waals surface area contributed by atoms with Crippen molar-refractivity contribution in [3.05, 3.63) is 100 Å². The molecule has 1 atom stereocenters. The minimum Gasteiger partial charge on any atom is -0.354 e. The highest BCUT2D eigenvalue weighted by molar-refractivity contribution is 7.92. The molecule has 202 valence electrons. The number of hydrogen-bond donors (Lipinski definition) is 1. The van der Waals surface area contributed by atoms with Crippen LogP contribution in [0.2, 0.25) is 10.0 Å². The number of carbonyl (C=O) groups excluding carboxylic acids is 2. The molecule has 0 aliphatic heterocycles. The number of halogens is 2. The fourth-order valence-electron chi connectivity index (χ4n) is 3.95. The van der Waals surface area contributed by atoms with Crippen LogP contribution in [0.25, 0.3) is 0 Å². The van der Waals surface area contributed by atoms with Crippen LogP contribution in [0.15, 0.2) is 78.9 Å². The van der Waals surface area contributed by atoms with Gasteiger partial charge >= 0.3 is 0 Å². The van der Waals surface area contributed by atoms with Gasteiger partial charge in [-0.25, -0.2) is 8.42 Å². The number of amides is 2. The highest BCUT2D eigenvalue weighted by Gasteiger charge is 2.33. The molecule has 0 aliphatic carbocycles. The molecule has 10 heteroatoms. The third kappa shape index (κ3) is 8.21. The molecule has 38 heavy (non-hydrogen) atoms. The molecule has 0 saturated heterocycles. The minimum atomic E-state index is -3.84. The predicted octanol–water partition coefficient (Wildman–Crippen LogP) is 4.93. The molecule has 0 saturated carbocycles. The quantitative estimate of drug-likeness (QED) is 0.332. The fourth-order valence-corrected chi connectivity index (χ4v) is 5.12. The minimum absolute atomic E-state index is 0.0216. The first-order valence-corrected chi connectivity index (χ1v) is 14.8. The molecule has 0 unspecified atom stereocenters. The second kappa shape index (κ2) is 13.6. The Bertz CT molecular complexity index is 1340. The standard InChI is InChI=1S/C28H31Cl2N3O4S/c1-3-17-31-28(35)26(18-21-9-5-4-6-10-21)32(19-22-11-7-8-12-25(22)30)27(34)20-33(38(2,36)37)24-15-13-23(29)14-16-24/h4-16,26H,3,17-20H2,1-2H3,(H,31,35)/t26-/m1/s1. The van der Waals surface area contributed by atoms with Crippen molar-refractivity contribution in [1.29, 1.82) is 0 Å². The zero-order valence-electron chi connectivity index (χ0n) is 21.3. The van der Waals surface area contributed by atoms with Crippen LogP contribution in [0.3, 0.4) is 0 Å². The van der Waals surface area contributed by atoms with E-state index in [1.54, 1.807) is 36.4 Å². The van der Waals surface area contributed by atoms with Crippen molar-refractivity contribution in [1.82, 2.24) is 10.2 Å². The SMILES string of the molecule is CCCNC(=O)[C@@H](Cc1ccccc1)N(Cc1ccccc1Cl)C(=O)CN(c1ccc(Cl)cc1)S(C)(=O)=O. The molecule has 0 aliphatic rings. The Balaban J connectivity index is 2.04. The van der Waals surface area contributed by atoms with E-state index >= 15 is 0 Å². The van der Waals surface area contributed by atoms with Crippen molar-refractivity contribution in [2.24, 2.45) is 0 Å². The summed E-state index contributed by atoms with van der Waals surface area (Å²) in [5.41, 5.74) is 1.79. The number of sulfonamides is 1. The smallest absolute Gasteiger partial charge is 0.244 e. The van der Waals surface area contributed by atoms with Gasteiger partial charge in [-0.15, -0.1) is 0 Å². The maximum Gasteiger partial charge on any atom is 0.244 e. The van der Waals surface area contributed by atoms with E-state index in [1.807, 2.05) is 37.3 Å². The van der Waals surface area contributed by atoms with Gasteiger partial charge in [0.1, 0.15) is 12.6 Å². The van der Waals surface area contributed by atoms with Gasteiger partial charge in [0, 0.05) is 29.6 Å². The van der Waals surface area contributed by atoms with Gasteiger partial charge < -0.3 is 10.2 Å². The van der Waals surface area contributed by atoms with Gasteiger partial charge in [-0.3, -0.25) is 13.9 Å². The van der Waals surface area contributed by atoms with Crippen molar-refractivity contribution in [2.45, 2.75) is 32.4 Å². The van der Waals surface area contributed by atoms with Gasteiger partial charge in [0.05, 0.1) is 11.9 Å². The zero-order valence-corrected chi connectivity index (χ0v) is 23.6. The van der Waals surface area contributed by atoms with Crippen LogP contribution < -0.4 is 9.62 Å². The summed E-state index contributed by atoms with van der Waals surface area (Å²) in [5.74, 6) is -0.869. The normalized spacial score (nSPS) is 12.0. The Hall–Kier alpha value is -3.07. The first-order chi connectivity index (χ1) is 18.1. The Labute approximate surface area is 234 Å². The molecule has 0 fully saturated rings. The summed E-state index contributed by atoms with van der Waals surface area (Å²) in [5, 5.41) is 3.77. The molecule has 1 N–H and O–H groups in total. The van der Waals surface area contributed by atoms with E-state index in [0.717, 1.165) is 22.5 Å². The van der Waals surface area contributed by atoms with E-state index < -0.39 is 28.5 Å². The molecular weight excluding hydrogens is 545 g/mol. The van der Waals surface area contributed by atoms with Crippen molar-refractivity contribution < 1.29 is 18.0 Å². The first kappa shape index (κ1) is 29.5. The lowest BCUT2D eigenvalue weighted by molar-refractivity contribution is -0.140. The Morgan fingerprint density at radius 3 is 2.16 bits per heavy atom. The van der Waals surface area contributed by atoms with Crippen LogP contribution in [0.4, 0.5) is 5.69 Å². The lowest BCUT2D eigenvalue weighted by atomic mass is 10.0. The lowest BCUT2D eigenvalue weighted by Gasteiger charge is -2.33. The molecule has 0 aromatic heterocycles. The van der Waals surface area contributed by atoms with Crippen molar-refractivity contribution >= 4 is 50.7 Å². The monoisotopic (exact) mass is 575 g/mol. The molecule has 3 aromatic carbocycles. The summed E-state index contributed by atoms with van der Waals surface area (Å²) in [6.45, 7) is 1.90. The number of anilines is 1. The number of nitrogens with one attached hydrogen (secondary N) is 1. The average Bonchev–Trinajstić information content (AvgIpc) is 2.89. The summed E-state index contributed by atoms with van der Waals surface area (Å²) >= 11 is 12.4. The third-order valence-corrected chi connectivity index (χ3v) is 7.67. The van der Waals surface area contributed by atoms with Gasteiger partial charge in [0.2, 0.25) is 21.8 Å². The number of carbonyl (C=O) groups is 2. The third-order valence-electron chi connectivity index (χ3n) is 5.91. The van der Waals surface area contributed by atoms with E-state index in [4.69, 9.17) is 23.2 Å². The van der Waals surface area contributed by atoms with Gasteiger partial charge in [0.15, 0.2) is 0 Å². The Kier molecular flexibility index (Phi) is 10.6. The molecule has 2 amide bonds. The van der Waals surface area contributed by atoms with E-state index in [2.05, 4.69) is 5.32 Å². The van der Waals surface area contributed by atoms with Crippen LogP contribution in [-0.2, 0) is 32.6 Å². The summed E-state index contributed by atoms with van der Waals surface area (Å²) in [6, 6.07) is 21.7. The Morgan fingerprint density at radius 1 is 0.921 bits per heavy atom. The summed E-state index contributed by atoms with van der Waals surface area (Å²) in [7, 11) is -3.84. The number of hydrogen-bond acceptors (Lipinski definition) is 4. The van der Waals surface area contributed by atoms with Crippen molar-refractivity contribution in [3.63, 3.8) is 0 Å². The lowest BCUT2D eigenvalue weighted by Crippen LogP contribution is -2.53. The molecule has 0 heterocycles. The van der Waals surface area contributed by atoms with Crippen LogP contribution in [0.5, 0.6) is 0 Å². The molecule has 3 rings (SSSR count). The predicted molar refractivity (Wildman–Crippen MR) is 153 cm³/mol. The molecule has 7 nitrogen and oxygen atoms in total. The molecule has 0 bridgehead atoms. The van der Waals surface area contributed by atoms with Gasteiger partial charge in [-0.1, -0.05) is 78.7 Å². The van der Waals surface area contributed by atoms with Crippen LogP contribution in [0, 0.1) is 0 Å². The molecule has 3 aromatic rings. The van der Waals surface area contributed by atoms with Crippen LogP contribution >= 0.6 is 23.2 Å². The topological polar surface area (TPSA) is 86.8 Å². The van der Waals surface area contributed by atoms with Gasteiger partial charge in [-0.2, -0.15) is 0 Å². The molecule has 0 spiro atoms. The summed E-state index contributed by atoms with van der Waals surface area (Å²) < 4.78 is 26.5. The van der Waals surface area contributed by atoms with Crippen molar-refractivity contribution in [2.75, 3.05) is 23.7 Å². The van der Waals surface area contributed by atoms with Crippen molar-refractivity contribution in [3.8, 4) is 0 Å². The second-order valence-corrected chi connectivity index (χ2v) is 11.6. The Morgan fingerprint density at radius 2 is 1.55 bits per heavy atom. The zero-order chi connectivity index (χ0) is 27.7. The molecular formula is C28H31Cl2N3O4S. The van der Waals surface area contributed by atoms with Gasteiger partial charge in [-0.05, 0) is 47.9 Å². The maximum absolute atomic E-state index is 13.9. The average molecular weight is 577 g/mol. The van der Waals surface area contributed by atoms with E-state index in [-0.39, 0.29) is 24.6 Å². The summed E-state index contributed by atoms with van der Waals surface area (Å²) in [6.07, 6.45) is 2.00. The number of benzene rings is 3. The van der Waals surface area contributed by atoms with Crippen LogP contribution in [-0.4, -0.2) is 50.5 Å². The largest absolute Gasteiger partial charge is 0.354 e. The van der Waals surface area contributed by atoms with E-state index in [0.29, 0.717) is 22.2 Å². The first-order valence-electron chi connectivity index (χ1n) is 12.2. The number of nitrogens with zero attached hydrogens (tertiary/aromatic N) is 2. The fraction of sp³-hybridized carbons (Fsp3) is 0.286. The van der Waals surface area contributed by atoms with Gasteiger partial charge in [0.25, 0.3) is 0 Å².